The van der Waals surface area contributed by atoms with E-state index < -0.39 is 17.5 Å². The second kappa shape index (κ2) is 8.93. The van der Waals surface area contributed by atoms with Crippen molar-refractivity contribution < 1.29 is 18.0 Å². The number of aromatic nitrogens is 4. The second-order valence-corrected chi connectivity index (χ2v) is 9.04. The highest BCUT2D eigenvalue weighted by atomic mass is 32.1. The van der Waals surface area contributed by atoms with Gasteiger partial charge in [0.15, 0.2) is 22.6 Å². The molecular weight excluding hydrogens is 467 g/mol. The summed E-state index contributed by atoms with van der Waals surface area (Å²) in [5, 5.41) is 8.24. The van der Waals surface area contributed by atoms with Crippen LogP contribution in [-0.4, -0.2) is 37.9 Å². The number of anilines is 2. The van der Waals surface area contributed by atoms with Crippen LogP contribution in [0.5, 0.6) is 0 Å². The molecule has 5 N–H and O–H groups in total. The van der Waals surface area contributed by atoms with E-state index in [1.807, 2.05) is 0 Å². The Morgan fingerprint density at radius 2 is 1.97 bits per heavy atom. The third kappa shape index (κ3) is 4.40. The first-order valence-electron chi connectivity index (χ1n) is 10.6. The van der Waals surface area contributed by atoms with Gasteiger partial charge in [-0.3, -0.25) is 4.79 Å². The van der Waals surface area contributed by atoms with Gasteiger partial charge in [0.2, 0.25) is 0 Å². The maximum atomic E-state index is 14.5. The minimum atomic E-state index is -0.739. The fraction of sp³-hybridized carbons (Fsp3) is 0.273. The van der Waals surface area contributed by atoms with Gasteiger partial charge in [-0.2, -0.15) is 0 Å². The molecule has 1 saturated carbocycles. The van der Waals surface area contributed by atoms with Crippen molar-refractivity contribution in [2.45, 2.75) is 37.8 Å². The fourth-order valence-electron chi connectivity index (χ4n) is 4.23. The van der Waals surface area contributed by atoms with Gasteiger partial charge >= 0.3 is 0 Å². The van der Waals surface area contributed by atoms with Crippen molar-refractivity contribution in [2.24, 2.45) is 0 Å². The van der Waals surface area contributed by atoms with Gasteiger partial charge in [0, 0.05) is 40.7 Å². The van der Waals surface area contributed by atoms with Gasteiger partial charge in [-0.1, -0.05) is 0 Å². The number of carbonyl (C=O) groups is 1. The number of rotatable bonds is 5. The summed E-state index contributed by atoms with van der Waals surface area (Å²) in [5.74, 6) is -2.31. The van der Waals surface area contributed by atoms with Gasteiger partial charge < -0.3 is 21.4 Å². The highest BCUT2D eigenvalue weighted by Crippen LogP contribution is 2.30. The Kier molecular flexibility index (Phi) is 5.82. The predicted molar refractivity (Wildman–Crippen MR) is 123 cm³/mol. The van der Waals surface area contributed by atoms with E-state index in [4.69, 9.17) is 5.73 Å². The van der Waals surface area contributed by atoms with Gasteiger partial charge in [-0.25, -0.2) is 28.1 Å². The zero-order valence-corrected chi connectivity index (χ0v) is 18.6. The van der Waals surface area contributed by atoms with E-state index in [0.29, 0.717) is 17.1 Å². The zero-order valence-electron chi connectivity index (χ0n) is 17.7. The normalized spacial score (nSPS) is 18.2. The SMILES string of the molecule is Nc1nc(C(=O)N[C@@H]2CCC[C@H](Nc3nc(-c4c[nH]c5c(F)cc(F)cc45)ncc3F)C2)cs1. The highest BCUT2D eigenvalue weighted by Gasteiger charge is 2.26. The minimum Gasteiger partial charge on any atom is -0.375 e. The molecule has 0 saturated heterocycles. The van der Waals surface area contributed by atoms with E-state index in [2.05, 4.69) is 30.6 Å². The Morgan fingerprint density at radius 3 is 2.76 bits per heavy atom. The molecule has 4 aromatic rings. The summed E-state index contributed by atoms with van der Waals surface area (Å²) in [7, 11) is 0. The van der Waals surface area contributed by atoms with Gasteiger partial charge in [0.1, 0.15) is 17.3 Å². The Labute approximate surface area is 195 Å². The van der Waals surface area contributed by atoms with Crippen LogP contribution in [0.3, 0.4) is 0 Å². The average Bonchev–Trinajstić information content (AvgIpc) is 3.42. The standard InChI is InChI=1S/C22H20F3N7OS/c23-10-4-13-14(7-27-18(13)15(24)5-10)19-28-8-16(25)20(32-19)29-11-2-1-3-12(6-11)30-21(33)17-9-34-22(26)31-17/h4-5,7-9,11-12,27H,1-3,6H2,(H2,26,31)(H,30,33)(H,28,29,32)/t11-,12+/m0/s1. The van der Waals surface area contributed by atoms with Gasteiger partial charge in [-0.05, 0) is 31.7 Å². The summed E-state index contributed by atoms with van der Waals surface area (Å²) < 4.78 is 42.3. The molecule has 2 atom stereocenters. The van der Waals surface area contributed by atoms with Crippen molar-refractivity contribution >= 4 is 39.1 Å². The van der Waals surface area contributed by atoms with Crippen LogP contribution in [-0.2, 0) is 0 Å². The zero-order chi connectivity index (χ0) is 23.8. The summed E-state index contributed by atoms with van der Waals surface area (Å²) in [4.78, 5) is 27.4. The van der Waals surface area contributed by atoms with Crippen LogP contribution in [0.4, 0.5) is 24.1 Å². The number of halogens is 3. The van der Waals surface area contributed by atoms with Crippen molar-refractivity contribution in [1.29, 1.82) is 0 Å². The van der Waals surface area contributed by atoms with Crippen LogP contribution in [0, 0.1) is 17.5 Å². The Hall–Kier alpha value is -3.67. The lowest BCUT2D eigenvalue weighted by Crippen LogP contribution is -2.42. The molecule has 0 aliphatic heterocycles. The van der Waals surface area contributed by atoms with E-state index >= 15 is 0 Å². The molecule has 0 radical (unpaired) electrons. The summed E-state index contributed by atoms with van der Waals surface area (Å²) in [5.41, 5.74) is 6.34. The molecule has 1 aliphatic carbocycles. The molecule has 1 amide bonds. The molecule has 176 valence electrons. The van der Waals surface area contributed by atoms with E-state index in [9.17, 15) is 18.0 Å². The molecule has 0 unspecified atom stereocenters. The van der Waals surface area contributed by atoms with Crippen LogP contribution < -0.4 is 16.4 Å². The lowest BCUT2D eigenvalue weighted by Gasteiger charge is -2.30. The van der Waals surface area contributed by atoms with Crippen molar-refractivity contribution in [1.82, 2.24) is 25.3 Å². The molecule has 5 rings (SSSR count). The molecule has 3 aromatic heterocycles. The third-order valence-electron chi connectivity index (χ3n) is 5.80. The van der Waals surface area contributed by atoms with E-state index in [1.165, 1.54) is 23.6 Å². The quantitative estimate of drug-likeness (QED) is 0.334. The second-order valence-electron chi connectivity index (χ2n) is 8.15. The highest BCUT2D eigenvalue weighted by molar-refractivity contribution is 7.13. The van der Waals surface area contributed by atoms with Crippen LogP contribution in [0.25, 0.3) is 22.3 Å². The summed E-state index contributed by atoms with van der Waals surface area (Å²) in [6, 6.07) is 1.69. The summed E-state index contributed by atoms with van der Waals surface area (Å²) >= 11 is 1.19. The lowest BCUT2D eigenvalue weighted by molar-refractivity contribution is 0.0922. The van der Waals surface area contributed by atoms with Gasteiger partial charge in [0.25, 0.3) is 5.91 Å². The van der Waals surface area contributed by atoms with Crippen molar-refractivity contribution in [3.63, 3.8) is 0 Å². The number of benzene rings is 1. The predicted octanol–water partition coefficient (Wildman–Crippen LogP) is 4.23. The molecular formula is C22H20F3N7OS. The molecule has 34 heavy (non-hydrogen) atoms. The van der Waals surface area contributed by atoms with Gasteiger partial charge in [-0.15, -0.1) is 11.3 Å². The number of nitrogens with two attached hydrogens (primary N) is 1. The summed E-state index contributed by atoms with van der Waals surface area (Å²) in [6.45, 7) is 0. The fourth-order valence-corrected chi connectivity index (χ4v) is 4.78. The average molecular weight is 488 g/mol. The van der Waals surface area contributed by atoms with Crippen LogP contribution in [0.15, 0.2) is 29.9 Å². The maximum Gasteiger partial charge on any atom is 0.271 e. The minimum absolute atomic E-state index is 0.0134. The number of thiazole rings is 1. The number of nitrogens with one attached hydrogen (secondary N) is 3. The number of hydrogen-bond donors (Lipinski definition) is 4. The van der Waals surface area contributed by atoms with Crippen molar-refractivity contribution in [3.05, 3.63) is 53.1 Å². The molecule has 12 heteroatoms. The first-order valence-corrected chi connectivity index (χ1v) is 11.5. The number of hydrogen-bond acceptors (Lipinski definition) is 7. The van der Waals surface area contributed by atoms with E-state index in [0.717, 1.165) is 31.5 Å². The Bertz CT molecular complexity index is 1370. The molecule has 1 aliphatic rings. The molecule has 8 nitrogen and oxygen atoms in total. The number of H-pyrrole nitrogens is 1. The molecule has 3 heterocycles. The first-order chi connectivity index (χ1) is 16.4. The smallest absolute Gasteiger partial charge is 0.271 e. The van der Waals surface area contributed by atoms with E-state index in [-0.39, 0.29) is 46.2 Å². The number of amides is 1. The monoisotopic (exact) mass is 487 g/mol. The molecule has 0 bridgehead atoms. The largest absolute Gasteiger partial charge is 0.375 e. The van der Waals surface area contributed by atoms with Crippen LogP contribution in [0.2, 0.25) is 0 Å². The number of fused-ring (bicyclic) bond motifs is 1. The van der Waals surface area contributed by atoms with Gasteiger partial charge in [0.05, 0.1) is 11.7 Å². The molecule has 1 aromatic carbocycles. The van der Waals surface area contributed by atoms with E-state index in [1.54, 1.807) is 5.38 Å². The summed E-state index contributed by atoms with van der Waals surface area (Å²) in [6.07, 6.45) is 5.41. The molecule has 1 fully saturated rings. The first kappa shape index (κ1) is 22.1. The lowest BCUT2D eigenvalue weighted by atomic mass is 9.91. The Balaban J connectivity index is 1.33. The number of aromatic amines is 1. The van der Waals surface area contributed by atoms with Crippen molar-refractivity contribution in [3.8, 4) is 11.4 Å². The Morgan fingerprint density at radius 1 is 1.15 bits per heavy atom. The third-order valence-corrected chi connectivity index (χ3v) is 6.47. The van der Waals surface area contributed by atoms with Crippen LogP contribution in [0.1, 0.15) is 36.2 Å². The van der Waals surface area contributed by atoms with Crippen LogP contribution >= 0.6 is 11.3 Å². The molecule has 0 spiro atoms. The number of carbonyl (C=O) groups excluding carboxylic acids is 1. The number of nitrogens with zero attached hydrogens (tertiary/aromatic N) is 3. The topological polar surface area (TPSA) is 122 Å². The number of nitrogen functional groups attached to an aromatic ring is 1. The van der Waals surface area contributed by atoms with Crippen molar-refractivity contribution in [2.75, 3.05) is 11.1 Å². The maximum absolute atomic E-state index is 14.5.